The van der Waals surface area contributed by atoms with E-state index < -0.39 is 0 Å². The Morgan fingerprint density at radius 1 is 0.842 bits per heavy atom. The van der Waals surface area contributed by atoms with Crippen LogP contribution in [0, 0.1) is 0 Å². The Balaban J connectivity index is 0.000000396. The number of benzene rings is 1. The van der Waals surface area contributed by atoms with Gasteiger partial charge in [-0.25, -0.2) is 0 Å². The van der Waals surface area contributed by atoms with Gasteiger partial charge in [0, 0.05) is 0 Å². The molecule has 19 heavy (non-hydrogen) atoms. The molecule has 1 aliphatic rings. The summed E-state index contributed by atoms with van der Waals surface area (Å²) in [6.45, 7) is 10.7. The average Bonchev–Trinajstić information content (AvgIpc) is 2.50. The first kappa shape index (κ1) is 18.2. The molecule has 0 radical (unpaired) electrons. The molecule has 1 aromatic carbocycles. The minimum absolute atomic E-state index is 1.17. The summed E-state index contributed by atoms with van der Waals surface area (Å²) < 4.78 is 0. The van der Waals surface area contributed by atoms with E-state index in [1.165, 1.54) is 56.9 Å². The fourth-order valence-corrected chi connectivity index (χ4v) is 2.36. The molecular weight excluding hydrogens is 228 g/mol. The summed E-state index contributed by atoms with van der Waals surface area (Å²) in [5, 5.41) is 0. The van der Waals surface area contributed by atoms with Gasteiger partial charge in [0.05, 0.1) is 0 Å². The van der Waals surface area contributed by atoms with Crippen LogP contribution < -0.4 is 0 Å². The quantitative estimate of drug-likeness (QED) is 0.595. The Kier molecular flexibility index (Phi) is 11.8. The van der Waals surface area contributed by atoms with E-state index >= 15 is 0 Å². The highest BCUT2D eigenvalue weighted by Gasteiger charge is 2.08. The lowest BCUT2D eigenvalue weighted by Crippen LogP contribution is -2.02. The maximum atomic E-state index is 2.40. The monoisotopic (exact) mass is 262 g/mol. The van der Waals surface area contributed by atoms with Crippen molar-refractivity contribution < 1.29 is 0 Å². The Bertz CT molecular complexity index is 310. The molecule has 0 fully saturated rings. The molecule has 0 heteroatoms. The van der Waals surface area contributed by atoms with Crippen LogP contribution in [0.3, 0.4) is 0 Å². The molecule has 1 aromatic rings. The second-order valence-electron chi connectivity index (χ2n) is 5.02. The Hall–Kier alpha value is -0.780. The van der Waals surface area contributed by atoms with E-state index in [-0.39, 0.29) is 0 Å². The van der Waals surface area contributed by atoms with Crippen molar-refractivity contribution in [3.63, 3.8) is 0 Å². The molecule has 0 saturated carbocycles. The van der Waals surface area contributed by atoms with Gasteiger partial charge in [0.2, 0.25) is 0 Å². The van der Waals surface area contributed by atoms with Gasteiger partial charge in [-0.1, -0.05) is 72.1 Å². The van der Waals surface area contributed by atoms with Crippen molar-refractivity contribution in [2.24, 2.45) is 0 Å². The maximum absolute atomic E-state index is 2.40. The van der Waals surface area contributed by atoms with Gasteiger partial charge >= 0.3 is 0 Å². The highest BCUT2D eigenvalue weighted by atomic mass is 14.1. The van der Waals surface area contributed by atoms with E-state index in [9.17, 15) is 0 Å². The van der Waals surface area contributed by atoms with E-state index in [0.29, 0.717) is 0 Å². The molecule has 0 saturated heterocycles. The molecule has 2 rings (SSSR count). The standard InChI is InChI=1S/C12H16.C5H12.C2H6/c1-2-10-7-8-11-5-3-4-6-12(11)9-10;1-3-5-4-2;1-2/h7-9H,2-6H2,1H3;3-5H2,1-2H3;1-2H3. The molecule has 0 amide bonds. The third kappa shape index (κ3) is 7.40. The number of hydrogen-bond donors (Lipinski definition) is 0. The van der Waals surface area contributed by atoms with Crippen molar-refractivity contribution in [1.82, 2.24) is 0 Å². The van der Waals surface area contributed by atoms with Crippen molar-refractivity contribution in [1.29, 1.82) is 0 Å². The topological polar surface area (TPSA) is 0 Å². The first-order valence-corrected chi connectivity index (χ1v) is 8.42. The van der Waals surface area contributed by atoms with E-state index in [1.54, 1.807) is 11.1 Å². The Labute approximate surface area is 121 Å². The second kappa shape index (κ2) is 12.3. The number of fused-ring (bicyclic) bond motifs is 1. The summed E-state index contributed by atoms with van der Waals surface area (Å²) >= 11 is 0. The molecular formula is C19H34. The van der Waals surface area contributed by atoms with Crippen LogP contribution in [-0.4, -0.2) is 0 Å². The van der Waals surface area contributed by atoms with E-state index in [0.717, 1.165) is 0 Å². The first-order chi connectivity index (χ1) is 9.31. The maximum Gasteiger partial charge on any atom is -0.0276 e. The normalized spacial score (nSPS) is 12.5. The lowest BCUT2D eigenvalue weighted by Gasteiger charge is -2.15. The molecule has 0 aliphatic heterocycles. The summed E-state index contributed by atoms with van der Waals surface area (Å²) in [7, 11) is 0. The summed E-state index contributed by atoms with van der Waals surface area (Å²) in [6, 6.07) is 7.01. The lowest BCUT2D eigenvalue weighted by atomic mass is 9.90. The zero-order chi connectivity index (χ0) is 14.5. The molecule has 0 N–H and O–H groups in total. The molecule has 0 heterocycles. The highest BCUT2D eigenvalue weighted by molar-refractivity contribution is 5.33. The minimum atomic E-state index is 1.17. The summed E-state index contributed by atoms with van der Waals surface area (Å²) in [5.74, 6) is 0. The zero-order valence-corrected chi connectivity index (χ0v) is 13.9. The van der Waals surface area contributed by atoms with Crippen molar-refractivity contribution >= 4 is 0 Å². The average molecular weight is 262 g/mol. The molecule has 0 nitrogen and oxygen atoms in total. The molecule has 0 spiro atoms. The zero-order valence-electron chi connectivity index (χ0n) is 13.9. The third-order valence-electron chi connectivity index (χ3n) is 3.53. The van der Waals surface area contributed by atoms with E-state index in [2.05, 4.69) is 39.0 Å². The van der Waals surface area contributed by atoms with Crippen LogP contribution in [0.2, 0.25) is 0 Å². The van der Waals surface area contributed by atoms with Crippen molar-refractivity contribution in [2.75, 3.05) is 0 Å². The van der Waals surface area contributed by atoms with Crippen LogP contribution in [0.1, 0.15) is 83.4 Å². The van der Waals surface area contributed by atoms with Crippen LogP contribution in [0.25, 0.3) is 0 Å². The number of unbranched alkanes of at least 4 members (excludes halogenated alkanes) is 2. The van der Waals surface area contributed by atoms with Gasteiger partial charge in [0.15, 0.2) is 0 Å². The fraction of sp³-hybridized carbons (Fsp3) is 0.684. The van der Waals surface area contributed by atoms with E-state index in [1.807, 2.05) is 13.8 Å². The van der Waals surface area contributed by atoms with Crippen LogP contribution in [0.4, 0.5) is 0 Å². The lowest BCUT2D eigenvalue weighted by molar-refractivity contribution is 0.684. The first-order valence-electron chi connectivity index (χ1n) is 8.42. The third-order valence-corrected chi connectivity index (χ3v) is 3.53. The Morgan fingerprint density at radius 3 is 1.89 bits per heavy atom. The largest absolute Gasteiger partial charge is 0.0683 e. The SMILES string of the molecule is CC.CCCCC.CCc1ccc2c(c1)CCCC2. The molecule has 0 atom stereocenters. The van der Waals surface area contributed by atoms with Gasteiger partial charge in [-0.05, 0) is 48.8 Å². The van der Waals surface area contributed by atoms with Crippen LogP contribution in [0.15, 0.2) is 18.2 Å². The highest BCUT2D eigenvalue weighted by Crippen LogP contribution is 2.22. The summed E-state index contributed by atoms with van der Waals surface area (Å²) in [5.41, 5.74) is 4.70. The molecule has 0 unspecified atom stereocenters. The van der Waals surface area contributed by atoms with Crippen molar-refractivity contribution in [3.8, 4) is 0 Å². The van der Waals surface area contributed by atoms with Gasteiger partial charge in [-0.3, -0.25) is 0 Å². The van der Waals surface area contributed by atoms with Crippen LogP contribution in [0.5, 0.6) is 0 Å². The van der Waals surface area contributed by atoms with Crippen LogP contribution in [-0.2, 0) is 19.3 Å². The van der Waals surface area contributed by atoms with Crippen molar-refractivity contribution in [2.45, 2.75) is 86.0 Å². The van der Waals surface area contributed by atoms with Gasteiger partial charge in [-0.15, -0.1) is 0 Å². The number of hydrogen-bond acceptors (Lipinski definition) is 0. The second-order valence-corrected chi connectivity index (χ2v) is 5.02. The van der Waals surface area contributed by atoms with E-state index in [4.69, 9.17) is 0 Å². The van der Waals surface area contributed by atoms with Gasteiger partial charge in [-0.2, -0.15) is 0 Å². The summed E-state index contributed by atoms with van der Waals surface area (Å²) in [4.78, 5) is 0. The van der Waals surface area contributed by atoms with Gasteiger partial charge < -0.3 is 0 Å². The minimum Gasteiger partial charge on any atom is -0.0683 e. The molecule has 1 aliphatic carbocycles. The molecule has 110 valence electrons. The van der Waals surface area contributed by atoms with Gasteiger partial charge in [0.1, 0.15) is 0 Å². The smallest absolute Gasteiger partial charge is 0.0276 e. The number of rotatable bonds is 3. The molecule has 0 aromatic heterocycles. The fourth-order valence-electron chi connectivity index (χ4n) is 2.36. The van der Waals surface area contributed by atoms with Crippen LogP contribution >= 0.6 is 0 Å². The molecule has 0 bridgehead atoms. The summed E-state index contributed by atoms with van der Waals surface area (Å²) in [6.07, 6.45) is 10.6. The van der Waals surface area contributed by atoms with Crippen molar-refractivity contribution in [3.05, 3.63) is 34.9 Å². The Morgan fingerprint density at radius 2 is 1.42 bits per heavy atom. The van der Waals surface area contributed by atoms with Gasteiger partial charge in [0.25, 0.3) is 0 Å². The predicted molar refractivity (Wildman–Crippen MR) is 89.0 cm³/mol. The predicted octanol–water partition coefficient (Wildman–Crippen LogP) is 6.35. The number of aryl methyl sites for hydroxylation is 3.